The van der Waals surface area contributed by atoms with Gasteiger partial charge >= 0.3 is 5.97 Å². The zero-order valence-electron chi connectivity index (χ0n) is 24.2. The van der Waals surface area contributed by atoms with Crippen molar-refractivity contribution in [1.82, 2.24) is 5.43 Å². The van der Waals surface area contributed by atoms with Crippen molar-refractivity contribution >= 4 is 45.6 Å². The first kappa shape index (κ1) is 31.6. The van der Waals surface area contributed by atoms with Crippen LogP contribution in [0.2, 0.25) is 0 Å². The maximum atomic E-state index is 13.0. The number of methoxy groups -OCH3 is 4. The van der Waals surface area contributed by atoms with Gasteiger partial charge in [0.15, 0.2) is 11.5 Å². The molecule has 226 valence electrons. The zero-order valence-corrected chi connectivity index (χ0v) is 25.8. The number of rotatable bonds is 11. The largest absolute Gasteiger partial charge is 0.497 e. The Morgan fingerprint density at radius 2 is 1.41 bits per heavy atom. The fourth-order valence-electron chi connectivity index (χ4n) is 3.98. The number of benzene rings is 4. The number of carbonyl (C=O) groups is 3. The number of nitrogens with zero attached hydrogens (tertiary/aromatic N) is 1. The predicted octanol–water partition coefficient (Wildman–Crippen LogP) is 5.72. The Morgan fingerprint density at radius 1 is 0.705 bits per heavy atom. The summed E-state index contributed by atoms with van der Waals surface area (Å²) in [4.78, 5) is 38.5. The number of hydrazone groups is 1. The third-order valence-electron chi connectivity index (χ3n) is 6.18. The summed E-state index contributed by atoms with van der Waals surface area (Å²) in [6, 6.07) is 20.9. The van der Waals surface area contributed by atoms with Crippen molar-refractivity contribution in [3.8, 4) is 28.7 Å². The Morgan fingerprint density at radius 3 is 2.05 bits per heavy atom. The van der Waals surface area contributed by atoms with E-state index in [4.69, 9.17) is 23.7 Å². The number of hydrogen-bond acceptors (Lipinski definition) is 9. The van der Waals surface area contributed by atoms with E-state index in [0.717, 1.165) is 0 Å². The predicted molar refractivity (Wildman–Crippen MR) is 168 cm³/mol. The van der Waals surface area contributed by atoms with Gasteiger partial charge in [0.2, 0.25) is 5.75 Å². The van der Waals surface area contributed by atoms with Crippen molar-refractivity contribution in [3.05, 3.63) is 106 Å². The molecule has 0 unspecified atom stereocenters. The van der Waals surface area contributed by atoms with Crippen LogP contribution in [0.15, 0.2) is 88.4 Å². The molecular weight excluding hydrogens is 634 g/mol. The molecule has 0 heterocycles. The summed E-state index contributed by atoms with van der Waals surface area (Å²) in [5.41, 5.74) is 4.10. The van der Waals surface area contributed by atoms with Crippen LogP contribution in [0, 0.1) is 0 Å². The Balaban J connectivity index is 1.44. The molecule has 4 aromatic rings. The van der Waals surface area contributed by atoms with E-state index in [9.17, 15) is 14.4 Å². The molecule has 0 aliphatic carbocycles. The summed E-state index contributed by atoms with van der Waals surface area (Å²) in [7, 11) is 5.91. The molecule has 0 bridgehead atoms. The van der Waals surface area contributed by atoms with Crippen LogP contribution in [0.1, 0.15) is 36.6 Å². The molecule has 2 amide bonds. The standard InChI is InChI=1S/C32H28BrN3O8/c1-40-25-11-8-19(9-12-25)32(39)44-26-13-10-23(33)14-22(26)18-34-36-31(38)20-6-5-7-24(15-20)35-30(37)21-16-27(41-2)29(43-4)28(17-21)42-3/h5-18H,1-4H3,(H,35,37)(H,36,38). The molecule has 0 aliphatic heterocycles. The lowest BCUT2D eigenvalue weighted by atomic mass is 10.1. The van der Waals surface area contributed by atoms with Gasteiger partial charge in [-0.15, -0.1) is 0 Å². The van der Waals surface area contributed by atoms with Gasteiger partial charge in [0.05, 0.1) is 40.2 Å². The molecule has 12 heteroatoms. The second-order valence-corrected chi connectivity index (χ2v) is 9.86. The SMILES string of the molecule is COc1ccc(C(=O)Oc2ccc(Br)cc2C=NNC(=O)c2cccc(NC(=O)c3cc(OC)c(OC)c(OC)c3)c2)cc1. The van der Waals surface area contributed by atoms with Gasteiger partial charge in [-0.2, -0.15) is 5.10 Å². The van der Waals surface area contributed by atoms with Gasteiger partial charge in [-0.3, -0.25) is 9.59 Å². The van der Waals surface area contributed by atoms with E-state index in [0.29, 0.717) is 44.3 Å². The minimum absolute atomic E-state index is 0.239. The number of hydrogen-bond donors (Lipinski definition) is 2. The first-order chi connectivity index (χ1) is 21.3. The van der Waals surface area contributed by atoms with Gasteiger partial charge in [-0.05, 0) is 72.8 Å². The van der Waals surface area contributed by atoms with Gasteiger partial charge in [-0.1, -0.05) is 22.0 Å². The van der Waals surface area contributed by atoms with E-state index in [1.54, 1.807) is 60.7 Å². The summed E-state index contributed by atoms with van der Waals surface area (Å²) in [6.45, 7) is 0. The molecule has 0 saturated carbocycles. The highest BCUT2D eigenvalue weighted by Gasteiger charge is 2.18. The molecule has 4 aromatic carbocycles. The highest BCUT2D eigenvalue weighted by atomic mass is 79.9. The van der Waals surface area contributed by atoms with Crippen LogP contribution >= 0.6 is 15.9 Å². The number of halogens is 1. The number of anilines is 1. The van der Waals surface area contributed by atoms with Gasteiger partial charge in [-0.25, -0.2) is 10.2 Å². The lowest BCUT2D eigenvalue weighted by Crippen LogP contribution is -2.18. The first-order valence-electron chi connectivity index (χ1n) is 13.0. The van der Waals surface area contributed by atoms with E-state index in [1.807, 2.05) is 0 Å². The molecule has 0 radical (unpaired) electrons. The highest BCUT2D eigenvalue weighted by molar-refractivity contribution is 9.10. The first-order valence-corrected chi connectivity index (χ1v) is 13.8. The van der Waals surface area contributed by atoms with Crippen LogP contribution in [0.3, 0.4) is 0 Å². The van der Waals surface area contributed by atoms with Crippen LogP contribution < -0.4 is 34.4 Å². The Hall–Kier alpha value is -5.36. The molecule has 11 nitrogen and oxygen atoms in total. The van der Waals surface area contributed by atoms with Crippen LogP contribution in [0.5, 0.6) is 28.7 Å². The maximum absolute atomic E-state index is 13.0. The Bertz CT molecular complexity index is 1680. The fraction of sp³-hybridized carbons (Fsp3) is 0.125. The van der Waals surface area contributed by atoms with E-state index in [2.05, 4.69) is 31.8 Å². The number of nitrogens with one attached hydrogen (secondary N) is 2. The zero-order chi connectivity index (χ0) is 31.6. The van der Waals surface area contributed by atoms with E-state index in [1.165, 1.54) is 52.9 Å². The normalized spacial score (nSPS) is 10.6. The van der Waals surface area contributed by atoms with Gasteiger partial charge in [0.1, 0.15) is 11.5 Å². The third kappa shape index (κ3) is 7.72. The van der Waals surface area contributed by atoms with Crippen molar-refractivity contribution in [3.63, 3.8) is 0 Å². The van der Waals surface area contributed by atoms with E-state index >= 15 is 0 Å². The summed E-state index contributed by atoms with van der Waals surface area (Å²) >= 11 is 3.39. The smallest absolute Gasteiger partial charge is 0.343 e. The van der Waals surface area contributed by atoms with Crippen LogP contribution in [0.25, 0.3) is 0 Å². The van der Waals surface area contributed by atoms with Crippen molar-refractivity contribution < 1.29 is 38.1 Å². The maximum Gasteiger partial charge on any atom is 0.343 e. The second-order valence-electron chi connectivity index (χ2n) is 8.95. The molecule has 0 aromatic heterocycles. The monoisotopic (exact) mass is 661 g/mol. The molecule has 44 heavy (non-hydrogen) atoms. The Kier molecular flexibility index (Phi) is 10.5. The number of amides is 2. The van der Waals surface area contributed by atoms with Crippen molar-refractivity contribution in [2.45, 2.75) is 0 Å². The van der Waals surface area contributed by atoms with Gasteiger partial charge < -0.3 is 29.0 Å². The molecular formula is C32H28BrN3O8. The minimum Gasteiger partial charge on any atom is -0.497 e. The highest BCUT2D eigenvalue weighted by Crippen LogP contribution is 2.38. The third-order valence-corrected chi connectivity index (χ3v) is 6.67. The molecule has 0 spiro atoms. The summed E-state index contributed by atoms with van der Waals surface area (Å²) < 4.78 is 27.3. The lowest BCUT2D eigenvalue weighted by molar-refractivity contribution is 0.0733. The molecule has 0 fully saturated rings. The average molecular weight is 662 g/mol. The second kappa shape index (κ2) is 14.7. The summed E-state index contributed by atoms with van der Waals surface area (Å²) in [6.07, 6.45) is 1.36. The van der Waals surface area contributed by atoms with Gasteiger partial charge in [0, 0.05) is 26.9 Å². The fourth-order valence-corrected chi connectivity index (χ4v) is 4.36. The quantitative estimate of drug-likeness (QED) is 0.0902. The summed E-state index contributed by atoms with van der Waals surface area (Å²) in [5, 5.41) is 6.79. The van der Waals surface area contributed by atoms with Crippen molar-refractivity contribution in [2.24, 2.45) is 5.10 Å². The number of carbonyl (C=O) groups excluding carboxylic acids is 3. The molecule has 0 saturated heterocycles. The van der Waals surface area contributed by atoms with E-state index in [-0.39, 0.29) is 16.9 Å². The molecule has 0 aliphatic rings. The van der Waals surface area contributed by atoms with Crippen LogP contribution in [-0.4, -0.2) is 52.4 Å². The van der Waals surface area contributed by atoms with Crippen molar-refractivity contribution in [2.75, 3.05) is 33.8 Å². The molecule has 0 atom stereocenters. The minimum atomic E-state index is -0.570. The topological polar surface area (TPSA) is 134 Å². The molecule has 4 rings (SSSR count). The number of esters is 1. The molecule has 2 N–H and O–H groups in total. The number of ether oxygens (including phenoxy) is 5. The lowest BCUT2D eigenvalue weighted by Gasteiger charge is -2.14. The van der Waals surface area contributed by atoms with Gasteiger partial charge in [0.25, 0.3) is 11.8 Å². The van der Waals surface area contributed by atoms with Crippen LogP contribution in [0.4, 0.5) is 5.69 Å². The Labute approximate surface area is 261 Å². The van der Waals surface area contributed by atoms with E-state index < -0.39 is 17.8 Å². The van der Waals surface area contributed by atoms with Crippen molar-refractivity contribution in [1.29, 1.82) is 0 Å². The summed E-state index contributed by atoms with van der Waals surface area (Å²) in [5.74, 6) is 0.307. The average Bonchev–Trinajstić information content (AvgIpc) is 3.05. The van der Waals surface area contributed by atoms with Crippen LogP contribution in [-0.2, 0) is 0 Å².